The van der Waals surface area contributed by atoms with Crippen molar-refractivity contribution in [1.29, 1.82) is 0 Å². The predicted octanol–water partition coefficient (Wildman–Crippen LogP) is 0.713. The number of aliphatic carboxylic acids is 1. The molecule has 0 bridgehead atoms. The molecule has 7 heteroatoms. The quantitative estimate of drug-likeness (QED) is 0.698. The van der Waals surface area contributed by atoms with Crippen LogP contribution in [0.4, 0.5) is 0 Å². The van der Waals surface area contributed by atoms with Gasteiger partial charge in [0.2, 0.25) is 0 Å². The zero-order valence-electron chi connectivity index (χ0n) is 12.8. The summed E-state index contributed by atoms with van der Waals surface area (Å²) in [6, 6.07) is -1.35. The fourth-order valence-corrected chi connectivity index (χ4v) is 1.17. The van der Waals surface area contributed by atoms with Gasteiger partial charge in [0.25, 0.3) is 5.91 Å². The van der Waals surface area contributed by atoms with Crippen LogP contribution >= 0.6 is 0 Å². The molecule has 0 aromatic carbocycles. The molecule has 0 unspecified atom stereocenters. The van der Waals surface area contributed by atoms with Gasteiger partial charge in [-0.05, 0) is 34.6 Å². The monoisotopic (exact) mass is 289 g/mol. The maximum atomic E-state index is 11.8. The summed E-state index contributed by atoms with van der Waals surface area (Å²) in [5.74, 6) is -2.62. The second kappa shape index (κ2) is 6.69. The number of carboxylic acid groups (broad SMARTS) is 1. The van der Waals surface area contributed by atoms with Gasteiger partial charge in [0.1, 0.15) is 17.2 Å². The molecule has 1 atom stereocenters. The van der Waals surface area contributed by atoms with Crippen molar-refractivity contribution in [2.24, 2.45) is 0 Å². The molecule has 0 fully saturated rings. The third-order valence-corrected chi connectivity index (χ3v) is 2.45. The van der Waals surface area contributed by atoms with E-state index in [0.717, 1.165) is 0 Å². The second-order valence-electron chi connectivity index (χ2n) is 5.87. The molecule has 0 saturated heterocycles. The summed E-state index contributed by atoms with van der Waals surface area (Å²) < 4.78 is 9.97. The van der Waals surface area contributed by atoms with Crippen LogP contribution in [0.3, 0.4) is 0 Å². The highest BCUT2D eigenvalue weighted by molar-refractivity contribution is 5.90. The van der Waals surface area contributed by atoms with E-state index in [1.165, 1.54) is 21.0 Å². The summed E-state index contributed by atoms with van der Waals surface area (Å²) in [4.78, 5) is 34.5. The Kier molecular flexibility index (Phi) is 6.15. The van der Waals surface area contributed by atoms with E-state index in [1.807, 2.05) is 0 Å². The van der Waals surface area contributed by atoms with E-state index in [4.69, 9.17) is 14.6 Å². The van der Waals surface area contributed by atoms with Gasteiger partial charge in [0.15, 0.2) is 0 Å². The van der Waals surface area contributed by atoms with Crippen LogP contribution < -0.4 is 5.32 Å². The maximum Gasteiger partial charge on any atom is 0.326 e. The van der Waals surface area contributed by atoms with Crippen molar-refractivity contribution in [3.05, 3.63) is 0 Å². The largest absolute Gasteiger partial charge is 0.480 e. The fourth-order valence-electron chi connectivity index (χ4n) is 1.17. The molecule has 0 aliphatic heterocycles. The van der Waals surface area contributed by atoms with E-state index in [0.29, 0.717) is 0 Å². The van der Waals surface area contributed by atoms with Crippen LogP contribution in [0.1, 0.15) is 41.0 Å². The maximum absolute atomic E-state index is 11.8. The normalized spacial score (nSPS) is 13.5. The summed E-state index contributed by atoms with van der Waals surface area (Å²) in [7, 11) is 1.34. The summed E-state index contributed by atoms with van der Waals surface area (Å²) in [6.45, 7) is 8.01. The summed E-state index contributed by atoms with van der Waals surface area (Å²) in [5, 5.41) is 11.3. The standard InChI is InChI=1S/C13H23NO6/c1-12(2,3)20-9(15)7-8(10(16)17)14-11(18)13(4,5)19-6/h8H,7H2,1-6H3,(H,14,18)(H,16,17)/t8-/m0/s1. The van der Waals surface area contributed by atoms with E-state index in [1.54, 1.807) is 20.8 Å². The molecule has 0 aromatic rings. The number of nitrogens with one attached hydrogen (secondary N) is 1. The van der Waals surface area contributed by atoms with Crippen molar-refractivity contribution in [3.63, 3.8) is 0 Å². The van der Waals surface area contributed by atoms with E-state index in [-0.39, 0.29) is 0 Å². The number of hydrogen-bond donors (Lipinski definition) is 2. The summed E-state index contributed by atoms with van der Waals surface area (Å²) >= 11 is 0. The van der Waals surface area contributed by atoms with Crippen LogP contribution in [0.25, 0.3) is 0 Å². The molecule has 0 aliphatic carbocycles. The number of esters is 1. The molecule has 0 radical (unpaired) electrons. The van der Waals surface area contributed by atoms with Gasteiger partial charge in [-0.1, -0.05) is 0 Å². The van der Waals surface area contributed by atoms with Crippen LogP contribution in [-0.2, 0) is 23.9 Å². The summed E-state index contributed by atoms with van der Waals surface area (Å²) in [6.07, 6.45) is -0.446. The lowest BCUT2D eigenvalue weighted by atomic mass is 10.1. The van der Waals surface area contributed by atoms with Gasteiger partial charge in [-0.2, -0.15) is 0 Å². The lowest BCUT2D eigenvalue weighted by Crippen LogP contribution is -2.51. The van der Waals surface area contributed by atoms with Crippen molar-refractivity contribution < 1.29 is 29.0 Å². The SMILES string of the molecule is COC(C)(C)C(=O)N[C@@H](CC(=O)OC(C)(C)C)C(=O)O. The highest BCUT2D eigenvalue weighted by atomic mass is 16.6. The van der Waals surface area contributed by atoms with Gasteiger partial charge in [-0.15, -0.1) is 0 Å². The van der Waals surface area contributed by atoms with Crippen molar-refractivity contribution >= 4 is 17.8 Å². The minimum absolute atomic E-state index is 0.446. The number of carbonyl (C=O) groups is 3. The van der Waals surface area contributed by atoms with Crippen molar-refractivity contribution in [2.75, 3.05) is 7.11 Å². The smallest absolute Gasteiger partial charge is 0.326 e. The Morgan fingerprint density at radius 3 is 2.00 bits per heavy atom. The Morgan fingerprint density at radius 2 is 1.65 bits per heavy atom. The third-order valence-electron chi connectivity index (χ3n) is 2.45. The average Bonchev–Trinajstić information content (AvgIpc) is 2.25. The van der Waals surface area contributed by atoms with Gasteiger partial charge < -0.3 is 19.9 Å². The molecule has 0 heterocycles. The number of carboxylic acids is 1. The van der Waals surface area contributed by atoms with E-state index < -0.39 is 41.5 Å². The topological polar surface area (TPSA) is 102 Å². The minimum Gasteiger partial charge on any atom is -0.480 e. The molecule has 2 N–H and O–H groups in total. The minimum atomic E-state index is -1.35. The summed E-state index contributed by atoms with van der Waals surface area (Å²) in [5.41, 5.74) is -1.89. The number of hydrogen-bond acceptors (Lipinski definition) is 5. The molecule has 7 nitrogen and oxygen atoms in total. The molecule has 20 heavy (non-hydrogen) atoms. The molecule has 1 amide bonds. The van der Waals surface area contributed by atoms with Crippen LogP contribution in [0.15, 0.2) is 0 Å². The lowest BCUT2D eigenvalue weighted by Gasteiger charge is -2.25. The van der Waals surface area contributed by atoms with Gasteiger partial charge in [-0.25, -0.2) is 4.79 Å². The number of carbonyl (C=O) groups excluding carboxylic acids is 2. The Morgan fingerprint density at radius 1 is 1.15 bits per heavy atom. The Hall–Kier alpha value is -1.63. The van der Waals surface area contributed by atoms with Gasteiger partial charge >= 0.3 is 11.9 Å². The van der Waals surface area contributed by atoms with Crippen LogP contribution in [0.2, 0.25) is 0 Å². The predicted molar refractivity (Wildman–Crippen MR) is 71.1 cm³/mol. The lowest BCUT2D eigenvalue weighted by molar-refractivity contribution is -0.159. The molecular formula is C13H23NO6. The zero-order chi connectivity index (χ0) is 16.1. The fraction of sp³-hybridized carbons (Fsp3) is 0.769. The second-order valence-corrected chi connectivity index (χ2v) is 5.87. The van der Waals surface area contributed by atoms with Gasteiger partial charge in [0, 0.05) is 7.11 Å². The van der Waals surface area contributed by atoms with Crippen LogP contribution in [0.5, 0.6) is 0 Å². The number of rotatable bonds is 6. The molecule has 0 aliphatic rings. The van der Waals surface area contributed by atoms with E-state index >= 15 is 0 Å². The van der Waals surface area contributed by atoms with E-state index in [2.05, 4.69) is 5.32 Å². The van der Waals surface area contributed by atoms with Crippen LogP contribution in [-0.4, -0.2) is 47.3 Å². The first-order chi connectivity index (χ1) is 8.89. The average molecular weight is 289 g/mol. The Labute approximate surface area is 118 Å². The molecule has 0 rings (SSSR count). The molecule has 0 spiro atoms. The Bertz CT molecular complexity index is 383. The highest BCUT2D eigenvalue weighted by Crippen LogP contribution is 2.11. The third kappa shape index (κ3) is 6.51. The number of ether oxygens (including phenoxy) is 2. The highest BCUT2D eigenvalue weighted by Gasteiger charge is 2.33. The molecular weight excluding hydrogens is 266 g/mol. The number of methoxy groups -OCH3 is 1. The van der Waals surface area contributed by atoms with Gasteiger partial charge in [0.05, 0.1) is 6.42 Å². The molecule has 0 aromatic heterocycles. The first kappa shape index (κ1) is 18.4. The van der Waals surface area contributed by atoms with Crippen molar-refractivity contribution in [3.8, 4) is 0 Å². The van der Waals surface area contributed by atoms with Gasteiger partial charge in [-0.3, -0.25) is 9.59 Å². The zero-order valence-corrected chi connectivity index (χ0v) is 12.8. The van der Waals surface area contributed by atoms with E-state index in [9.17, 15) is 14.4 Å². The number of amides is 1. The van der Waals surface area contributed by atoms with Crippen LogP contribution in [0, 0.1) is 0 Å². The first-order valence-electron chi connectivity index (χ1n) is 6.20. The van der Waals surface area contributed by atoms with Crippen molar-refractivity contribution in [2.45, 2.75) is 58.3 Å². The van der Waals surface area contributed by atoms with Crippen molar-refractivity contribution in [1.82, 2.24) is 5.32 Å². The molecule has 116 valence electrons. The Balaban J connectivity index is 4.73. The first-order valence-corrected chi connectivity index (χ1v) is 6.20. The molecule has 0 saturated carbocycles.